The summed E-state index contributed by atoms with van der Waals surface area (Å²) in [7, 11) is 0. The topological polar surface area (TPSA) is 67.6 Å². The summed E-state index contributed by atoms with van der Waals surface area (Å²) in [5, 5.41) is 14.5. The van der Waals surface area contributed by atoms with Gasteiger partial charge in [-0.3, -0.25) is 15.0 Å². The summed E-state index contributed by atoms with van der Waals surface area (Å²) in [6.07, 6.45) is 2.05. The standard InChI is InChI=1S/C16H23N3O3.2ClH/c20-19(21)15-3-1-2-14(12-15)16(13-4-10-22-11-5-13)18-8-6-17-7-9-18;;/h1-3,12-13,16-17H,4-11H2;2*1H/t16-;;/m1../s1. The third kappa shape index (κ3) is 5.04. The third-order valence-corrected chi connectivity index (χ3v) is 4.68. The van der Waals surface area contributed by atoms with Crippen LogP contribution < -0.4 is 5.32 Å². The van der Waals surface area contributed by atoms with Crippen LogP contribution in [0.1, 0.15) is 24.4 Å². The third-order valence-electron chi connectivity index (χ3n) is 4.68. The van der Waals surface area contributed by atoms with Gasteiger partial charge in [0.2, 0.25) is 0 Å². The quantitative estimate of drug-likeness (QED) is 0.645. The van der Waals surface area contributed by atoms with Crippen LogP contribution in [0.5, 0.6) is 0 Å². The summed E-state index contributed by atoms with van der Waals surface area (Å²) < 4.78 is 5.50. The van der Waals surface area contributed by atoms with Gasteiger partial charge < -0.3 is 10.1 Å². The molecule has 0 aliphatic carbocycles. The number of nitrogens with one attached hydrogen (secondary N) is 1. The zero-order valence-corrected chi connectivity index (χ0v) is 15.2. The van der Waals surface area contributed by atoms with E-state index in [2.05, 4.69) is 10.2 Å². The number of ether oxygens (including phenoxy) is 1. The van der Waals surface area contributed by atoms with E-state index in [-0.39, 0.29) is 41.5 Å². The van der Waals surface area contributed by atoms with Crippen molar-refractivity contribution in [3.05, 3.63) is 39.9 Å². The molecule has 0 radical (unpaired) electrons. The average molecular weight is 378 g/mol. The molecular formula is C16H25Cl2N3O3. The number of nitro groups is 1. The Bertz CT molecular complexity index is 503. The smallest absolute Gasteiger partial charge is 0.269 e. The van der Waals surface area contributed by atoms with Crippen LogP contribution in [0.25, 0.3) is 0 Å². The molecule has 1 N–H and O–H groups in total. The largest absolute Gasteiger partial charge is 0.381 e. The van der Waals surface area contributed by atoms with E-state index in [9.17, 15) is 10.1 Å². The lowest BCUT2D eigenvalue weighted by Gasteiger charge is -2.41. The second-order valence-corrected chi connectivity index (χ2v) is 6.03. The number of non-ortho nitro benzene ring substituents is 1. The highest BCUT2D eigenvalue weighted by Crippen LogP contribution is 2.36. The van der Waals surface area contributed by atoms with Gasteiger partial charge in [0.05, 0.1) is 4.92 Å². The average Bonchev–Trinajstić information content (AvgIpc) is 2.57. The number of halogens is 2. The van der Waals surface area contributed by atoms with Crippen molar-refractivity contribution in [1.29, 1.82) is 0 Å². The van der Waals surface area contributed by atoms with Gasteiger partial charge in [0.25, 0.3) is 5.69 Å². The molecule has 1 atom stereocenters. The number of rotatable bonds is 4. The molecular weight excluding hydrogens is 353 g/mol. The van der Waals surface area contributed by atoms with Crippen LogP contribution >= 0.6 is 24.8 Å². The highest BCUT2D eigenvalue weighted by atomic mass is 35.5. The maximum absolute atomic E-state index is 11.1. The van der Waals surface area contributed by atoms with E-state index >= 15 is 0 Å². The Labute approximate surface area is 154 Å². The Kier molecular flexibility index (Phi) is 8.94. The molecule has 24 heavy (non-hydrogen) atoms. The molecule has 3 rings (SSSR count). The van der Waals surface area contributed by atoms with Gasteiger partial charge in [-0.15, -0.1) is 24.8 Å². The van der Waals surface area contributed by atoms with Crippen LogP contribution in [0, 0.1) is 16.0 Å². The predicted molar refractivity (Wildman–Crippen MR) is 98.3 cm³/mol. The fraction of sp³-hybridized carbons (Fsp3) is 0.625. The molecule has 0 aromatic heterocycles. The predicted octanol–water partition coefficient (Wildman–Crippen LogP) is 2.81. The van der Waals surface area contributed by atoms with Crippen molar-refractivity contribution < 1.29 is 9.66 Å². The fourth-order valence-corrected chi connectivity index (χ4v) is 3.60. The van der Waals surface area contributed by atoms with Gasteiger partial charge in [0.1, 0.15) is 0 Å². The van der Waals surface area contributed by atoms with E-state index in [4.69, 9.17) is 4.74 Å². The first-order valence-corrected chi connectivity index (χ1v) is 8.02. The second-order valence-electron chi connectivity index (χ2n) is 6.03. The van der Waals surface area contributed by atoms with Gasteiger partial charge in [-0.1, -0.05) is 12.1 Å². The summed E-state index contributed by atoms with van der Waals surface area (Å²) in [5.41, 5.74) is 1.26. The minimum absolute atomic E-state index is 0. The molecule has 0 spiro atoms. The Hall–Kier alpha value is -0.920. The zero-order valence-electron chi connectivity index (χ0n) is 13.6. The van der Waals surface area contributed by atoms with E-state index in [0.717, 1.165) is 57.8 Å². The maximum atomic E-state index is 11.1. The van der Waals surface area contributed by atoms with Crippen LogP contribution in [0.2, 0.25) is 0 Å². The Balaban J connectivity index is 0.00000144. The van der Waals surface area contributed by atoms with E-state index in [1.54, 1.807) is 12.1 Å². The van der Waals surface area contributed by atoms with Crippen molar-refractivity contribution >= 4 is 30.5 Å². The molecule has 2 aliphatic rings. The first kappa shape index (κ1) is 21.1. The number of hydrogen-bond acceptors (Lipinski definition) is 5. The molecule has 0 unspecified atom stereocenters. The Morgan fingerprint density at radius 1 is 1.21 bits per heavy atom. The van der Waals surface area contributed by atoms with Crippen molar-refractivity contribution in [3.63, 3.8) is 0 Å². The molecule has 2 heterocycles. The number of piperazine rings is 1. The number of nitro benzene ring substituents is 1. The van der Waals surface area contributed by atoms with Crippen LogP contribution in [-0.4, -0.2) is 49.2 Å². The van der Waals surface area contributed by atoms with Crippen molar-refractivity contribution in [2.24, 2.45) is 5.92 Å². The van der Waals surface area contributed by atoms with Gasteiger partial charge >= 0.3 is 0 Å². The summed E-state index contributed by atoms with van der Waals surface area (Å²) in [6, 6.07) is 7.42. The second kappa shape index (κ2) is 10.2. The molecule has 1 aromatic rings. The molecule has 1 aromatic carbocycles. The molecule has 2 saturated heterocycles. The zero-order chi connectivity index (χ0) is 15.4. The maximum Gasteiger partial charge on any atom is 0.269 e. The Morgan fingerprint density at radius 2 is 1.88 bits per heavy atom. The molecule has 6 nitrogen and oxygen atoms in total. The number of hydrogen-bond donors (Lipinski definition) is 1. The minimum atomic E-state index is -0.303. The van der Waals surface area contributed by atoms with E-state index in [1.807, 2.05) is 12.1 Å². The number of nitrogens with zero attached hydrogens (tertiary/aromatic N) is 2. The van der Waals surface area contributed by atoms with Crippen molar-refractivity contribution in [2.45, 2.75) is 18.9 Å². The van der Waals surface area contributed by atoms with Gasteiger partial charge in [-0.2, -0.15) is 0 Å². The molecule has 2 aliphatic heterocycles. The normalized spacial score (nSPS) is 20.5. The van der Waals surface area contributed by atoms with Crippen molar-refractivity contribution in [2.75, 3.05) is 39.4 Å². The van der Waals surface area contributed by atoms with Gasteiger partial charge in [-0.25, -0.2) is 0 Å². The van der Waals surface area contributed by atoms with E-state index in [1.165, 1.54) is 0 Å². The van der Waals surface area contributed by atoms with Crippen molar-refractivity contribution in [1.82, 2.24) is 10.2 Å². The molecule has 136 valence electrons. The first-order chi connectivity index (χ1) is 10.8. The van der Waals surface area contributed by atoms with Crippen LogP contribution in [0.15, 0.2) is 24.3 Å². The Morgan fingerprint density at radius 3 is 2.50 bits per heavy atom. The molecule has 0 bridgehead atoms. The number of benzene rings is 1. The summed E-state index contributed by atoms with van der Waals surface area (Å²) in [6.45, 7) is 5.53. The lowest BCUT2D eigenvalue weighted by molar-refractivity contribution is -0.385. The SMILES string of the molecule is Cl.Cl.O=[N+]([O-])c1cccc([C@@H](C2CCOCC2)N2CCNCC2)c1. The molecule has 0 saturated carbocycles. The highest BCUT2D eigenvalue weighted by molar-refractivity contribution is 5.85. The van der Waals surface area contributed by atoms with Gasteiger partial charge in [0.15, 0.2) is 0 Å². The molecule has 0 amide bonds. The van der Waals surface area contributed by atoms with Crippen molar-refractivity contribution in [3.8, 4) is 0 Å². The van der Waals surface area contributed by atoms with Crippen LogP contribution in [0.3, 0.4) is 0 Å². The monoisotopic (exact) mass is 377 g/mol. The van der Waals surface area contributed by atoms with E-state index < -0.39 is 0 Å². The summed E-state index contributed by atoms with van der Waals surface area (Å²) in [5.74, 6) is 0.508. The van der Waals surface area contributed by atoms with Gasteiger partial charge in [0, 0.05) is 57.6 Å². The van der Waals surface area contributed by atoms with Crippen LogP contribution in [-0.2, 0) is 4.74 Å². The first-order valence-electron chi connectivity index (χ1n) is 8.02. The molecule has 8 heteroatoms. The van der Waals surface area contributed by atoms with E-state index in [0.29, 0.717) is 5.92 Å². The molecule has 2 fully saturated rings. The van der Waals surface area contributed by atoms with Crippen LogP contribution in [0.4, 0.5) is 5.69 Å². The summed E-state index contributed by atoms with van der Waals surface area (Å²) >= 11 is 0. The summed E-state index contributed by atoms with van der Waals surface area (Å²) in [4.78, 5) is 13.3. The van der Waals surface area contributed by atoms with Gasteiger partial charge in [-0.05, 0) is 24.3 Å². The lowest BCUT2D eigenvalue weighted by Crippen LogP contribution is -2.47. The lowest BCUT2D eigenvalue weighted by atomic mass is 9.85. The fourth-order valence-electron chi connectivity index (χ4n) is 3.60. The minimum Gasteiger partial charge on any atom is -0.381 e. The highest BCUT2D eigenvalue weighted by Gasteiger charge is 2.31.